The number of halogens is 1. The number of anilines is 1. The van der Waals surface area contributed by atoms with Crippen molar-refractivity contribution in [2.75, 3.05) is 25.0 Å². The monoisotopic (exact) mass is 336 g/mol. The Balaban J connectivity index is 1.60. The molecule has 5 nitrogen and oxygen atoms in total. The van der Waals surface area contributed by atoms with E-state index in [0.717, 1.165) is 12.8 Å². The maximum Gasteiger partial charge on any atom is 0.321 e. The molecule has 6 heteroatoms. The Hall–Kier alpha value is -1.66. The Morgan fingerprint density at radius 1 is 1.46 bits per heavy atom. The van der Waals surface area contributed by atoms with Gasteiger partial charge in [-0.15, -0.1) is 0 Å². The number of piperidine rings is 1. The fourth-order valence-electron chi connectivity index (χ4n) is 3.88. The van der Waals surface area contributed by atoms with Crippen molar-refractivity contribution in [1.29, 1.82) is 0 Å². The Morgan fingerprint density at radius 2 is 2.17 bits per heavy atom. The summed E-state index contributed by atoms with van der Waals surface area (Å²) < 4.78 is 19.3. The van der Waals surface area contributed by atoms with Crippen LogP contribution in [0.5, 0.6) is 0 Å². The zero-order chi connectivity index (χ0) is 17.3. The Bertz CT molecular complexity index is 612. The zero-order valence-corrected chi connectivity index (χ0v) is 14.2. The number of benzene rings is 1. The van der Waals surface area contributed by atoms with Crippen LogP contribution in [-0.2, 0) is 4.74 Å². The Kier molecular flexibility index (Phi) is 4.78. The van der Waals surface area contributed by atoms with E-state index in [2.05, 4.69) is 5.32 Å². The first kappa shape index (κ1) is 17.2. The number of nitrogens with one attached hydrogen (secondary N) is 1. The molecule has 0 aromatic heterocycles. The summed E-state index contributed by atoms with van der Waals surface area (Å²) in [6.45, 7) is 5.39. The van der Waals surface area contributed by atoms with E-state index in [4.69, 9.17) is 4.74 Å². The minimum absolute atomic E-state index is 0.0909. The third kappa shape index (κ3) is 2.89. The first-order valence-corrected chi connectivity index (χ1v) is 8.58. The molecule has 2 atom stereocenters. The number of rotatable bonds is 3. The van der Waals surface area contributed by atoms with Crippen LogP contribution < -0.4 is 5.32 Å². The van der Waals surface area contributed by atoms with Gasteiger partial charge < -0.3 is 20.1 Å². The van der Waals surface area contributed by atoms with E-state index in [9.17, 15) is 14.3 Å². The van der Waals surface area contributed by atoms with Gasteiger partial charge >= 0.3 is 6.03 Å². The summed E-state index contributed by atoms with van der Waals surface area (Å²) in [4.78, 5) is 14.2. The second-order valence-electron chi connectivity index (χ2n) is 6.76. The molecule has 2 amide bonds. The van der Waals surface area contributed by atoms with Crippen LogP contribution in [0, 0.1) is 18.2 Å². The van der Waals surface area contributed by atoms with Crippen molar-refractivity contribution in [2.45, 2.75) is 45.3 Å². The third-order valence-electron chi connectivity index (χ3n) is 5.60. The van der Waals surface area contributed by atoms with E-state index in [1.165, 1.54) is 6.07 Å². The maximum absolute atomic E-state index is 13.6. The molecule has 2 N–H and O–H groups in total. The fourth-order valence-corrected chi connectivity index (χ4v) is 3.88. The summed E-state index contributed by atoms with van der Waals surface area (Å²) >= 11 is 0. The molecule has 1 saturated heterocycles. The number of carbonyl (C=O) groups is 1. The smallest absolute Gasteiger partial charge is 0.321 e. The normalized spacial score (nSPS) is 25.4. The number of likely N-dealkylation sites (tertiary alicyclic amines) is 1. The average Bonchev–Trinajstić information content (AvgIpc) is 2.59. The molecule has 1 heterocycles. The van der Waals surface area contributed by atoms with Crippen molar-refractivity contribution < 1.29 is 19.0 Å². The van der Waals surface area contributed by atoms with Gasteiger partial charge in [0.1, 0.15) is 5.82 Å². The lowest BCUT2D eigenvalue weighted by Crippen LogP contribution is -2.63. The van der Waals surface area contributed by atoms with Crippen LogP contribution in [0.4, 0.5) is 14.9 Å². The van der Waals surface area contributed by atoms with Crippen molar-refractivity contribution in [2.24, 2.45) is 5.41 Å². The quantitative estimate of drug-likeness (QED) is 0.892. The van der Waals surface area contributed by atoms with Crippen LogP contribution in [0.3, 0.4) is 0 Å². The van der Waals surface area contributed by atoms with E-state index >= 15 is 0 Å². The molecule has 24 heavy (non-hydrogen) atoms. The number of nitrogens with zero attached hydrogens (tertiary/aromatic N) is 1. The number of hydrogen-bond acceptors (Lipinski definition) is 3. The molecule has 1 saturated carbocycles. The van der Waals surface area contributed by atoms with Gasteiger partial charge in [0, 0.05) is 42.8 Å². The first-order valence-electron chi connectivity index (χ1n) is 8.58. The molecular formula is C18H25FN2O3. The number of amides is 2. The van der Waals surface area contributed by atoms with Crippen molar-refractivity contribution in [3.8, 4) is 0 Å². The molecule has 1 aliphatic heterocycles. The predicted octanol–water partition coefficient (Wildman–Crippen LogP) is 2.92. The highest BCUT2D eigenvalue weighted by Crippen LogP contribution is 2.50. The summed E-state index contributed by atoms with van der Waals surface area (Å²) in [7, 11) is 0. The van der Waals surface area contributed by atoms with Crippen molar-refractivity contribution in [3.63, 3.8) is 0 Å². The number of ether oxygens (including phenoxy) is 1. The molecule has 1 aromatic rings. The van der Waals surface area contributed by atoms with Crippen LogP contribution in [0.1, 0.15) is 31.7 Å². The van der Waals surface area contributed by atoms with E-state index in [-0.39, 0.29) is 29.5 Å². The molecule has 3 rings (SSSR count). The highest BCUT2D eigenvalue weighted by molar-refractivity contribution is 5.90. The van der Waals surface area contributed by atoms with Crippen LogP contribution in [0.25, 0.3) is 0 Å². The average molecular weight is 336 g/mol. The van der Waals surface area contributed by atoms with Gasteiger partial charge in [0.25, 0.3) is 0 Å². The molecule has 1 aromatic carbocycles. The highest BCUT2D eigenvalue weighted by atomic mass is 19.1. The molecule has 0 radical (unpaired) electrons. The predicted molar refractivity (Wildman–Crippen MR) is 89.4 cm³/mol. The number of hydrogen-bond donors (Lipinski definition) is 2. The second-order valence-corrected chi connectivity index (χ2v) is 6.76. The van der Waals surface area contributed by atoms with Crippen molar-refractivity contribution >= 4 is 11.7 Å². The SMILES string of the molecule is CCO[C@H]1C[C@@H](O)C12CCN(C(=O)Nc1cccc(F)c1C)CC2. The molecule has 2 aliphatic rings. The number of aliphatic hydroxyl groups excluding tert-OH is 1. The molecule has 2 fully saturated rings. The molecule has 1 spiro atoms. The minimum atomic E-state index is -0.343. The summed E-state index contributed by atoms with van der Waals surface area (Å²) in [5.74, 6) is -0.331. The van der Waals surface area contributed by atoms with E-state index in [1.807, 2.05) is 6.92 Å². The molecule has 132 valence electrons. The van der Waals surface area contributed by atoms with Crippen LogP contribution >= 0.6 is 0 Å². The number of urea groups is 1. The van der Waals surface area contributed by atoms with Crippen LogP contribution in [-0.4, -0.2) is 47.9 Å². The van der Waals surface area contributed by atoms with Gasteiger partial charge in [-0.1, -0.05) is 6.07 Å². The molecular weight excluding hydrogens is 311 g/mol. The van der Waals surface area contributed by atoms with Gasteiger partial charge in [-0.2, -0.15) is 0 Å². The molecule has 0 bridgehead atoms. The van der Waals surface area contributed by atoms with Gasteiger partial charge in [-0.3, -0.25) is 0 Å². The van der Waals surface area contributed by atoms with Gasteiger partial charge in [0.15, 0.2) is 0 Å². The van der Waals surface area contributed by atoms with E-state index < -0.39 is 0 Å². The van der Waals surface area contributed by atoms with Gasteiger partial charge in [0.05, 0.1) is 12.2 Å². The van der Waals surface area contributed by atoms with Crippen molar-refractivity contribution in [1.82, 2.24) is 4.90 Å². The maximum atomic E-state index is 13.6. The largest absolute Gasteiger partial charge is 0.392 e. The second kappa shape index (κ2) is 6.69. The third-order valence-corrected chi connectivity index (χ3v) is 5.60. The number of aliphatic hydroxyl groups is 1. The summed E-state index contributed by atoms with van der Waals surface area (Å²) in [6, 6.07) is 4.44. The van der Waals surface area contributed by atoms with Crippen molar-refractivity contribution in [3.05, 3.63) is 29.6 Å². The fraction of sp³-hybridized carbons (Fsp3) is 0.611. The van der Waals surface area contributed by atoms with E-state index in [1.54, 1.807) is 24.0 Å². The topological polar surface area (TPSA) is 61.8 Å². The Morgan fingerprint density at radius 3 is 2.79 bits per heavy atom. The summed E-state index contributed by atoms with van der Waals surface area (Å²) in [5, 5.41) is 13.0. The van der Waals surface area contributed by atoms with Gasteiger partial charge in [0.2, 0.25) is 0 Å². The molecule has 1 aliphatic carbocycles. The lowest BCUT2D eigenvalue weighted by atomic mass is 9.58. The minimum Gasteiger partial charge on any atom is -0.392 e. The van der Waals surface area contributed by atoms with E-state index in [0.29, 0.717) is 37.4 Å². The van der Waals surface area contributed by atoms with Gasteiger partial charge in [-0.05, 0) is 38.8 Å². The first-order chi connectivity index (χ1) is 11.5. The van der Waals surface area contributed by atoms with Crippen LogP contribution in [0.2, 0.25) is 0 Å². The highest BCUT2D eigenvalue weighted by Gasteiger charge is 2.56. The lowest BCUT2D eigenvalue weighted by molar-refractivity contribution is -0.207. The van der Waals surface area contributed by atoms with Crippen LogP contribution in [0.15, 0.2) is 18.2 Å². The summed E-state index contributed by atoms with van der Waals surface area (Å²) in [6.07, 6.45) is 1.89. The zero-order valence-electron chi connectivity index (χ0n) is 14.2. The summed E-state index contributed by atoms with van der Waals surface area (Å²) in [5.41, 5.74) is 0.725. The molecule has 0 unspecified atom stereocenters. The Labute approximate surface area is 141 Å². The lowest BCUT2D eigenvalue weighted by Gasteiger charge is -2.56. The standard InChI is InChI=1S/C18H25FN2O3/c1-3-24-16-11-15(22)18(16)7-9-21(10-8-18)17(23)20-14-6-4-5-13(19)12(14)2/h4-6,15-16,22H,3,7-11H2,1-2H3,(H,20,23)/t15-,16+/m1/s1. The number of carbonyl (C=O) groups excluding carboxylic acids is 1. The van der Waals surface area contributed by atoms with Gasteiger partial charge in [-0.25, -0.2) is 9.18 Å².